The lowest BCUT2D eigenvalue weighted by Crippen LogP contribution is -2.42. The zero-order valence-electron chi connectivity index (χ0n) is 11.2. The highest BCUT2D eigenvalue weighted by Crippen LogP contribution is 2.11. The number of halogens is 1. The number of thiazole rings is 1. The predicted molar refractivity (Wildman–Crippen MR) is 78.8 cm³/mol. The fourth-order valence-electron chi connectivity index (χ4n) is 1.91. The number of imidazole rings is 1. The van der Waals surface area contributed by atoms with Crippen LogP contribution in [0.2, 0.25) is 0 Å². The van der Waals surface area contributed by atoms with Gasteiger partial charge >= 0.3 is 0 Å². The molecular weight excluding hydrogens is 307 g/mol. The minimum atomic E-state index is -0.711. The highest BCUT2D eigenvalue weighted by Gasteiger charge is 2.13. The number of rotatable bonds is 3. The Morgan fingerprint density at radius 1 is 1.27 bits per heavy atom. The van der Waals surface area contributed by atoms with Crippen LogP contribution in [0.3, 0.4) is 0 Å². The molecular formula is C14H11FN4O2S. The molecule has 2 aromatic heterocycles. The number of carbonyl (C=O) groups excluding carboxylic acids is 2. The lowest BCUT2D eigenvalue weighted by atomic mass is 10.2. The molecule has 0 unspecified atom stereocenters. The monoisotopic (exact) mass is 318 g/mol. The molecule has 1 aromatic carbocycles. The largest absolute Gasteiger partial charge is 0.297 e. The summed E-state index contributed by atoms with van der Waals surface area (Å²) in [5.41, 5.74) is 4.87. The second-order valence-corrected chi connectivity index (χ2v) is 5.36. The van der Waals surface area contributed by atoms with E-state index in [9.17, 15) is 14.0 Å². The van der Waals surface area contributed by atoms with Crippen molar-refractivity contribution in [3.63, 3.8) is 0 Å². The van der Waals surface area contributed by atoms with Gasteiger partial charge in [0.05, 0.1) is 17.7 Å². The maximum Gasteiger partial charge on any atom is 0.272 e. The number of hydrogen-bond acceptors (Lipinski definition) is 4. The van der Waals surface area contributed by atoms with Crippen LogP contribution in [0.1, 0.15) is 16.1 Å². The Bertz CT molecular complexity index is 814. The van der Waals surface area contributed by atoms with Crippen LogP contribution in [0.25, 0.3) is 4.96 Å². The second kappa shape index (κ2) is 5.94. The number of nitrogens with zero attached hydrogens (tertiary/aromatic N) is 2. The minimum absolute atomic E-state index is 0.0198. The van der Waals surface area contributed by atoms with Crippen LogP contribution in [0.4, 0.5) is 4.39 Å². The molecule has 0 spiro atoms. The number of carbonyl (C=O) groups is 2. The minimum Gasteiger partial charge on any atom is -0.297 e. The summed E-state index contributed by atoms with van der Waals surface area (Å²) in [7, 11) is 0. The van der Waals surface area contributed by atoms with E-state index in [1.54, 1.807) is 6.20 Å². The molecule has 0 aliphatic heterocycles. The van der Waals surface area contributed by atoms with Crippen molar-refractivity contribution in [2.24, 2.45) is 0 Å². The Morgan fingerprint density at radius 3 is 2.86 bits per heavy atom. The zero-order chi connectivity index (χ0) is 15.5. The second-order valence-electron chi connectivity index (χ2n) is 4.48. The van der Waals surface area contributed by atoms with Crippen molar-refractivity contribution in [2.75, 3.05) is 0 Å². The molecule has 3 aromatic rings. The first-order valence-electron chi connectivity index (χ1n) is 6.38. The van der Waals surface area contributed by atoms with Crippen molar-refractivity contribution >= 4 is 28.1 Å². The van der Waals surface area contributed by atoms with E-state index in [4.69, 9.17) is 0 Å². The number of aromatic nitrogens is 2. The molecule has 0 aliphatic rings. The van der Waals surface area contributed by atoms with Gasteiger partial charge in [0.1, 0.15) is 5.82 Å². The summed E-state index contributed by atoms with van der Waals surface area (Å²) in [6.07, 6.45) is 3.60. The Morgan fingerprint density at radius 2 is 2.09 bits per heavy atom. The van der Waals surface area contributed by atoms with Gasteiger partial charge in [0, 0.05) is 17.8 Å². The Kier molecular flexibility index (Phi) is 3.84. The molecule has 0 saturated carbocycles. The summed E-state index contributed by atoms with van der Waals surface area (Å²) in [6.45, 7) is 0. The van der Waals surface area contributed by atoms with Crippen LogP contribution < -0.4 is 10.9 Å². The van der Waals surface area contributed by atoms with E-state index in [0.717, 1.165) is 4.96 Å². The van der Waals surface area contributed by atoms with Gasteiger partial charge in [-0.3, -0.25) is 24.8 Å². The molecule has 8 heteroatoms. The number of amides is 2. The fraction of sp³-hybridized carbons (Fsp3) is 0.0714. The number of nitrogens with one attached hydrogen (secondary N) is 2. The van der Waals surface area contributed by atoms with E-state index in [1.165, 1.54) is 35.6 Å². The predicted octanol–water partition coefficient (Wildman–Crippen LogP) is 1.54. The number of benzene rings is 1. The first-order valence-corrected chi connectivity index (χ1v) is 7.26. The first kappa shape index (κ1) is 14.2. The molecule has 0 atom stereocenters. The molecule has 2 heterocycles. The standard InChI is InChI=1S/C14H11FN4O2S/c15-11-4-2-1-3-10(11)13(21)18-17-12(20)7-9-8-19-5-6-22-14(19)16-9/h1-6,8H,7H2,(H,17,20)(H,18,21). The molecule has 0 fully saturated rings. The maximum absolute atomic E-state index is 13.4. The van der Waals surface area contributed by atoms with E-state index in [1.807, 2.05) is 16.0 Å². The summed E-state index contributed by atoms with van der Waals surface area (Å²) in [6, 6.07) is 5.53. The normalized spacial score (nSPS) is 10.6. The van der Waals surface area contributed by atoms with E-state index in [0.29, 0.717) is 5.69 Å². The van der Waals surface area contributed by atoms with Crippen LogP contribution in [0.15, 0.2) is 42.0 Å². The quantitative estimate of drug-likeness (QED) is 0.719. The third-order valence-electron chi connectivity index (χ3n) is 2.92. The Hall–Kier alpha value is -2.74. The zero-order valence-corrected chi connectivity index (χ0v) is 12.1. The molecule has 112 valence electrons. The lowest BCUT2D eigenvalue weighted by molar-refractivity contribution is -0.121. The van der Waals surface area contributed by atoms with Gasteiger partial charge in [-0.1, -0.05) is 12.1 Å². The van der Waals surface area contributed by atoms with Gasteiger partial charge in [-0.25, -0.2) is 9.37 Å². The average molecular weight is 318 g/mol. The van der Waals surface area contributed by atoms with E-state index >= 15 is 0 Å². The van der Waals surface area contributed by atoms with Crippen molar-refractivity contribution in [3.05, 3.63) is 59.1 Å². The van der Waals surface area contributed by atoms with Gasteiger partial charge < -0.3 is 0 Å². The van der Waals surface area contributed by atoms with Crippen LogP contribution in [0, 0.1) is 5.82 Å². The van der Waals surface area contributed by atoms with Gasteiger partial charge in [0.2, 0.25) is 5.91 Å². The molecule has 0 aliphatic carbocycles. The summed E-state index contributed by atoms with van der Waals surface area (Å²) in [4.78, 5) is 28.6. The van der Waals surface area contributed by atoms with Gasteiger partial charge in [-0.15, -0.1) is 11.3 Å². The molecule has 3 rings (SSSR count). The molecule has 6 nitrogen and oxygen atoms in total. The summed E-state index contributed by atoms with van der Waals surface area (Å²) >= 11 is 1.46. The van der Waals surface area contributed by atoms with Crippen molar-refractivity contribution in [2.45, 2.75) is 6.42 Å². The van der Waals surface area contributed by atoms with Crippen molar-refractivity contribution < 1.29 is 14.0 Å². The smallest absolute Gasteiger partial charge is 0.272 e. The third kappa shape index (κ3) is 2.96. The van der Waals surface area contributed by atoms with Crippen molar-refractivity contribution in [1.29, 1.82) is 0 Å². The highest BCUT2D eigenvalue weighted by atomic mass is 32.1. The van der Waals surface area contributed by atoms with Gasteiger partial charge in [0.25, 0.3) is 5.91 Å². The Balaban J connectivity index is 1.57. The number of hydrazine groups is 1. The summed E-state index contributed by atoms with van der Waals surface area (Å²) in [5, 5.41) is 1.89. The number of hydrogen-bond donors (Lipinski definition) is 2. The van der Waals surface area contributed by atoms with Crippen LogP contribution in [0.5, 0.6) is 0 Å². The fourth-order valence-corrected chi connectivity index (χ4v) is 2.63. The number of fused-ring (bicyclic) bond motifs is 1. The summed E-state index contributed by atoms with van der Waals surface area (Å²) in [5.74, 6) is -1.80. The summed E-state index contributed by atoms with van der Waals surface area (Å²) < 4.78 is 15.2. The molecule has 0 radical (unpaired) electrons. The molecule has 0 saturated heterocycles. The third-order valence-corrected chi connectivity index (χ3v) is 3.69. The molecule has 2 amide bonds. The molecule has 0 bridgehead atoms. The van der Waals surface area contributed by atoms with E-state index < -0.39 is 17.6 Å². The van der Waals surface area contributed by atoms with Gasteiger partial charge in [-0.05, 0) is 12.1 Å². The Labute approximate surface area is 128 Å². The average Bonchev–Trinajstić information content (AvgIpc) is 3.06. The SMILES string of the molecule is O=C(Cc1cn2ccsc2n1)NNC(=O)c1ccccc1F. The lowest BCUT2D eigenvalue weighted by Gasteiger charge is -2.07. The highest BCUT2D eigenvalue weighted by molar-refractivity contribution is 7.15. The first-order chi connectivity index (χ1) is 10.6. The topological polar surface area (TPSA) is 75.5 Å². The molecule has 2 N–H and O–H groups in total. The van der Waals surface area contributed by atoms with Gasteiger partial charge in [-0.2, -0.15) is 0 Å². The van der Waals surface area contributed by atoms with Crippen molar-refractivity contribution in [3.8, 4) is 0 Å². The maximum atomic E-state index is 13.4. The van der Waals surface area contributed by atoms with E-state index in [2.05, 4.69) is 15.8 Å². The molecule has 22 heavy (non-hydrogen) atoms. The van der Waals surface area contributed by atoms with Crippen LogP contribution in [-0.4, -0.2) is 21.2 Å². The van der Waals surface area contributed by atoms with Crippen molar-refractivity contribution in [1.82, 2.24) is 20.2 Å². The van der Waals surface area contributed by atoms with Crippen LogP contribution in [-0.2, 0) is 11.2 Å². The van der Waals surface area contributed by atoms with E-state index in [-0.39, 0.29) is 12.0 Å². The van der Waals surface area contributed by atoms with Gasteiger partial charge in [0.15, 0.2) is 4.96 Å². The van der Waals surface area contributed by atoms with Crippen LogP contribution >= 0.6 is 11.3 Å².